The lowest BCUT2D eigenvalue weighted by molar-refractivity contribution is 0.00846. The first-order chi connectivity index (χ1) is 13.9. The Kier molecular flexibility index (Phi) is 4.63. The Balaban J connectivity index is 1.80. The van der Waals surface area contributed by atoms with Crippen molar-refractivity contribution in [2.75, 3.05) is 0 Å². The van der Waals surface area contributed by atoms with Crippen LogP contribution in [-0.4, -0.2) is 36.4 Å². The summed E-state index contributed by atoms with van der Waals surface area (Å²) in [7, 11) is 1.57. The van der Waals surface area contributed by atoms with E-state index in [0.29, 0.717) is 10.9 Å². The predicted molar refractivity (Wildman–Crippen MR) is 98.8 cm³/mol. The second-order valence-corrected chi connectivity index (χ2v) is 6.16. The number of aryl methyl sites for hydroxylation is 1. The van der Waals surface area contributed by atoms with Crippen molar-refractivity contribution < 1.29 is 13.5 Å². The van der Waals surface area contributed by atoms with Gasteiger partial charge in [0.15, 0.2) is 11.8 Å². The molecule has 29 heavy (non-hydrogen) atoms. The van der Waals surface area contributed by atoms with Gasteiger partial charge < -0.3 is 9.72 Å². The SMILES string of the molecule is Cn1nc(O[C@H](c2ccccc2)C(F)F)c2cc(-c3c[nH]c(=O)[nH]c3=O)nnc21. The van der Waals surface area contributed by atoms with E-state index in [1.54, 1.807) is 25.2 Å². The van der Waals surface area contributed by atoms with Crippen molar-refractivity contribution in [3.8, 4) is 17.1 Å². The highest BCUT2D eigenvalue weighted by Gasteiger charge is 2.27. The fourth-order valence-electron chi connectivity index (χ4n) is 2.87. The fourth-order valence-corrected chi connectivity index (χ4v) is 2.87. The van der Waals surface area contributed by atoms with Crippen LogP contribution in [0.4, 0.5) is 8.78 Å². The number of nitrogens with one attached hydrogen (secondary N) is 2. The number of hydrogen-bond acceptors (Lipinski definition) is 6. The molecule has 9 nitrogen and oxygen atoms in total. The number of hydrogen-bond donors (Lipinski definition) is 2. The molecule has 0 fully saturated rings. The third-order valence-corrected chi connectivity index (χ3v) is 4.24. The molecule has 0 aliphatic carbocycles. The molecule has 0 bridgehead atoms. The Labute approximate surface area is 161 Å². The van der Waals surface area contributed by atoms with Crippen LogP contribution >= 0.6 is 0 Å². The molecule has 0 saturated carbocycles. The van der Waals surface area contributed by atoms with E-state index in [1.807, 2.05) is 0 Å². The van der Waals surface area contributed by atoms with Crippen molar-refractivity contribution in [3.05, 3.63) is 69.0 Å². The zero-order valence-corrected chi connectivity index (χ0v) is 15.0. The third-order valence-electron chi connectivity index (χ3n) is 4.24. The highest BCUT2D eigenvalue weighted by molar-refractivity contribution is 5.84. The van der Waals surface area contributed by atoms with Gasteiger partial charge in [0.25, 0.3) is 12.0 Å². The van der Waals surface area contributed by atoms with Crippen molar-refractivity contribution in [2.45, 2.75) is 12.5 Å². The number of H-pyrrole nitrogens is 2. The number of rotatable bonds is 5. The summed E-state index contributed by atoms with van der Waals surface area (Å²) in [6.07, 6.45) is -3.15. The monoisotopic (exact) mass is 400 g/mol. The quantitative estimate of drug-likeness (QED) is 0.527. The number of aromatic nitrogens is 6. The molecule has 2 N–H and O–H groups in total. The zero-order chi connectivity index (χ0) is 20.5. The summed E-state index contributed by atoms with van der Waals surface area (Å²) in [5.74, 6) is -0.0753. The first kappa shape index (κ1) is 18.5. The molecule has 4 aromatic rings. The van der Waals surface area contributed by atoms with E-state index in [-0.39, 0.29) is 22.8 Å². The molecule has 4 rings (SSSR count). The van der Waals surface area contributed by atoms with Gasteiger partial charge in [-0.3, -0.25) is 9.78 Å². The third kappa shape index (κ3) is 3.49. The van der Waals surface area contributed by atoms with Crippen molar-refractivity contribution in [3.63, 3.8) is 0 Å². The number of halogens is 2. The number of ether oxygens (including phenoxy) is 1. The maximum atomic E-state index is 13.6. The Morgan fingerprint density at radius 1 is 1.14 bits per heavy atom. The number of fused-ring (bicyclic) bond motifs is 1. The van der Waals surface area contributed by atoms with Crippen LogP contribution in [-0.2, 0) is 7.05 Å². The number of aromatic amines is 2. The predicted octanol–water partition coefficient (Wildman–Crippen LogP) is 1.79. The van der Waals surface area contributed by atoms with E-state index in [4.69, 9.17) is 4.74 Å². The van der Waals surface area contributed by atoms with Gasteiger partial charge in [-0.1, -0.05) is 30.3 Å². The van der Waals surface area contributed by atoms with Crippen molar-refractivity contribution in [2.24, 2.45) is 7.05 Å². The molecule has 1 aromatic carbocycles. The standard InChI is InChI=1S/C18H14F2N6O3/c1-26-15-10(7-12(23-24-15)11-8-21-18(28)22-16(11)27)17(25-26)29-13(14(19)20)9-5-3-2-4-6-9/h2-8,13-14H,1H3,(H2,21,22,27,28)/t13-/m1/s1. The van der Waals surface area contributed by atoms with E-state index in [1.165, 1.54) is 29.1 Å². The lowest BCUT2D eigenvalue weighted by atomic mass is 10.1. The van der Waals surface area contributed by atoms with E-state index in [0.717, 1.165) is 0 Å². The van der Waals surface area contributed by atoms with Gasteiger partial charge in [-0.15, -0.1) is 15.3 Å². The molecule has 0 unspecified atom stereocenters. The lowest BCUT2D eigenvalue weighted by Crippen LogP contribution is -2.22. The van der Waals surface area contributed by atoms with E-state index in [9.17, 15) is 18.4 Å². The van der Waals surface area contributed by atoms with Gasteiger partial charge in [-0.25, -0.2) is 18.3 Å². The van der Waals surface area contributed by atoms with Gasteiger partial charge in [-0.2, -0.15) is 0 Å². The topological polar surface area (TPSA) is 119 Å². The van der Waals surface area contributed by atoms with Gasteiger partial charge in [0.2, 0.25) is 5.88 Å². The average Bonchev–Trinajstić information content (AvgIpc) is 3.01. The van der Waals surface area contributed by atoms with Gasteiger partial charge >= 0.3 is 5.69 Å². The maximum absolute atomic E-state index is 13.6. The maximum Gasteiger partial charge on any atom is 0.325 e. The molecule has 1 atom stereocenters. The van der Waals surface area contributed by atoms with Gasteiger partial charge in [0, 0.05) is 13.2 Å². The van der Waals surface area contributed by atoms with E-state index >= 15 is 0 Å². The molecule has 0 radical (unpaired) electrons. The van der Waals surface area contributed by atoms with Gasteiger partial charge in [0.1, 0.15) is 5.69 Å². The van der Waals surface area contributed by atoms with Crippen molar-refractivity contribution in [1.82, 2.24) is 29.9 Å². The molecule has 0 amide bonds. The molecular weight excluding hydrogens is 386 g/mol. The largest absolute Gasteiger partial charge is 0.462 e. The Morgan fingerprint density at radius 2 is 1.90 bits per heavy atom. The van der Waals surface area contributed by atoms with Crippen LogP contribution < -0.4 is 16.0 Å². The minimum absolute atomic E-state index is 0.0577. The number of alkyl halides is 2. The Morgan fingerprint density at radius 3 is 2.59 bits per heavy atom. The summed E-state index contributed by atoms with van der Waals surface area (Å²) in [4.78, 5) is 27.7. The van der Waals surface area contributed by atoms with Crippen LogP contribution in [0, 0.1) is 0 Å². The molecule has 148 valence electrons. The van der Waals surface area contributed by atoms with E-state index < -0.39 is 23.8 Å². The number of nitrogens with zero attached hydrogens (tertiary/aromatic N) is 4. The Bertz CT molecular complexity index is 1280. The molecule has 0 aliphatic heterocycles. The molecular formula is C18H14F2N6O3. The molecule has 11 heteroatoms. The summed E-state index contributed by atoms with van der Waals surface area (Å²) in [5.41, 5.74) is -0.570. The molecule has 3 heterocycles. The van der Waals surface area contributed by atoms with E-state index in [2.05, 4.69) is 25.3 Å². The molecule has 0 saturated heterocycles. The minimum Gasteiger partial charge on any atom is -0.462 e. The molecule has 0 spiro atoms. The Hall–Kier alpha value is -3.89. The minimum atomic E-state index is -2.80. The van der Waals surface area contributed by atoms with Crippen LogP contribution in [0.3, 0.4) is 0 Å². The lowest BCUT2D eigenvalue weighted by Gasteiger charge is -2.17. The summed E-state index contributed by atoms with van der Waals surface area (Å²) in [5, 5.41) is 12.4. The summed E-state index contributed by atoms with van der Waals surface area (Å²) < 4.78 is 34.2. The van der Waals surface area contributed by atoms with Gasteiger partial charge in [-0.05, 0) is 11.6 Å². The van der Waals surface area contributed by atoms with Gasteiger partial charge in [0.05, 0.1) is 10.9 Å². The van der Waals surface area contributed by atoms with Crippen LogP contribution in [0.2, 0.25) is 0 Å². The smallest absolute Gasteiger partial charge is 0.325 e. The van der Waals surface area contributed by atoms with Crippen molar-refractivity contribution in [1.29, 1.82) is 0 Å². The summed E-state index contributed by atoms with van der Waals surface area (Å²) in [6, 6.07) is 9.50. The first-order valence-electron chi connectivity index (χ1n) is 8.46. The number of benzene rings is 1. The first-order valence-corrected chi connectivity index (χ1v) is 8.46. The van der Waals surface area contributed by atoms with Crippen LogP contribution in [0.15, 0.2) is 52.2 Å². The zero-order valence-electron chi connectivity index (χ0n) is 15.0. The van der Waals surface area contributed by atoms with Crippen molar-refractivity contribution >= 4 is 11.0 Å². The molecule has 0 aliphatic rings. The summed E-state index contributed by atoms with van der Waals surface area (Å²) in [6.45, 7) is 0. The highest BCUT2D eigenvalue weighted by Crippen LogP contribution is 2.32. The van der Waals surface area contributed by atoms with Crippen LogP contribution in [0.25, 0.3) is 22.3 Å². The normalized spacial score (nSPS) is 12.4. The second-order valence-electron chi connectivity index (χ2n) is 6.16. The average molecular weight is 400 g/mol. The van der Waals surface area contributed by atoms with Crippen LogP contribution in [0.5, 0.6) is 5.88 Å². The second kappa shape index (κ2) is 7.26. The van der Waals surface area contributed by atoms with Crippen LogP contribution in [0.1, 0.15) is 11.7 Å². The fraction of sp³-hybridized carbons (Fsp3) is 0.167. The molecule has 3 aromatic heterocycles. The summed E-state index contributed by atoms with van der Waals surface area (Å²) >= 11 is 0. The highest BCUT2D eigenvalue weighted by atomic mass is 19.3.